The van der Waals surface area contributed by atoms with Gasteiger partial charge in [0.25, 0.3) is 0 Å². The van der Waals surface area contributed by atoms with Crippen molar-refractivity contribution in [2.24, 2.45) is 0 Å². The summed E-state index contributed by atoms with van der Waals surface area (Å²) in [6.45, 7) is 3.19. The number of hydrogen-bond donors (Lipinski definition) is 3. The summed E-state index contributed by atoms with van der Waals surface area (Å²) < 4.78 is 0. The van der Waals surface area contributed by atoms with Gasteiger partial charge in [0.05, 0.1) is 22.8 Å². The van der Waals surface area contributed by atoms with Crippen molar-refractivity contribution in [3.05, 3.63) is 16.1 Å². The Bertz CT molecular complexity index is 417. The van der Waals surface area contributed by atoms with Crippen molar-refractivity contribution in [1.29, 1.82) is 0 Å². The minimum absolute atomic E-state index is 0. The van der Waals surface area contributed by atoms with Crippen molar-refractivity contribution in [3.8, 4) is 0 Å². The lowest BCUT2D eigenvalue weighted by Crippen LogP contribution is -2.41. The third-order valence-electron chi connectivity index (χ3n) is 3.01. The number of aromatic nitrogens is 1. The average molecular weight is 342 g/mol. The molecule has 1 fully saturated rings. The van der Waals surface area contributed by atoms with Crippen LogP contribution < -0.4 is 10.6 Å². The molecule has 1 aromatic heterocycles. The zero-order chi connectivity index (χ0) is 13.0. The van der Waals surface area contributed by atoms with E-state index in [1.807, 2.05) is 5.38 Å². The Morgan fingerprint density at radius 1 is 1.60 bits per heavy atom. The summed E-state index contributed by atoms with van der Waals surface area (Å²) in [6, 6.07) is -0.248. The fraction of sp³-hybridized carbons (Fsp3) is 0.667. The third kappa shape index (κ3) is 5.54. The number of amides is 1. The molecule has 2 atom stereocenters. The van der Waals surface area contributed by atoms with Crippen molar-refractivity contribution < 1.29 is 9.90 Å². The molecule has 1 amide bonds. The maximum atomic E-state index is 11.7. The van der Waals surface area contributed by atoms with Crippen molar-refractivity contribution >= 4 is 42.1 Å². The lowest BCUT2D eigenvalue weighted by Gasteiger charge is -2.10. The van der Waals surface area contributed by atoms with Crippen molar-refractivity contribution in [3.63, 3.8) is 0 Å². The van der Waals surface area contributed by atoms with Crippen LogP contribution in [0.4, 0.5) is 0 Å². The summed E-state index contributed by atoms with van der Waals surface area (Å²) in [5, 5.41) is 18.4. The maximum Gasteiger partial charge on any atom is 0.237 e. The number of nitrogens with one attached hydrogen (secondary N) is 2. The largest absolute Gasteiger partial charge is 0.392 e. The standard InChI is InChI=1S/C12H19N3O2S.2ClH/c1-2-11-15-8(7-18-11)3-4-13-12(17)10-5-9(16)6-14-10;;/h7,9-10,14,16H,2-6H2,1H3,(H,13,17);2*1H. The number of aliphatic hydroxyl groups excluding tert-OH is 1. The second-order valence-corrected chi connectivity index (χ2v) is 5.42. The molecule has 1 aromatic rings. The normalized spacial score (nSPS) is 20.9. The van der Waals surface area contributed by atoms with Crippen LogP contribution in [0.15, 0.2) is 5.38 Å². The Morgan fingerprint density at radius 2 is 2.35 bits per heavy atom. The fourth-order valence-electron chi connectivity index (χ4n) is 1.98. The second kappa shape index (κ2) is 9.52. The first-order valence-corrected chi connectivity index (χ1v) is 7.19. The molecule has 0 radical (unpaired) electrons. The Hall–Kier alpha value is -0.400. The summed E-state index contributed by atoms with van der Waals surface area (Å²) in [7, 11) is 0. The van der Waals surface area contributed by atoms with Gasteiger partial charge < -0.3 is 15.7 Å². The van der Waals surface area contributed by atoms with Crippen LogP contribution in [0, 0.1) is 0 Å². The van der Waals surface area contributed by atoms with E-state index in [1.165, 1.54) is 0 Å². The highest BCUT2D eigenvalue weighted by molar-refractivity contribution is 7.09. The van der Waals surface area contributed by atoms with Gasteiger partial charge >= 0.3 is 0 Å². The van der Waals surface area contributed by atoms with Crippen LogP contribution in [-0.2, 0) is 17.6 Å². The van der Waals surface area contributed by atoms with E-state index < -0.39 is 6.10 Å². The van der Waals surface area contributed by atoms with Gasteiger partial charge in [0.15, 0.2) is 0 Å². The topological polar surface area (TPSA) is 74.2 Å². The number of hydrogen-bond acceptors (Lipinski definition) is 5. The summed E-state index contributed by atoms with van der Waals surface area (Å²) in [6.07, 6.45) is 1.83. The molecule has 0 spiro atoms. The monoisotopic (exact) mass is 341 g/mol. The van der Waals surface area contributed by atoms with Gasteiger partial charge in [-0.15, -0.1) is 36.2 Å². The number of aryl methyl sites for hydroxylation is 1. The Morgan fingerprint density at radius 3 is 2.90 bits per heavy atom. The van der Waals surface area contributed by atoms with E-state index in [-0.39, 0.29) is 36.8 Å². The number of thiazole rings is 1. The molecule has 2 heterocycles. The van der Waals surface area contributed by atoms with E-state index >= 15 is 0 Å². The van der Waals surface area contributed by atoms with E-state index in [1.54, 1.807) is 11.3 Å². The molecule has 1 saturated heterocycles. The number of carbonyl (C=O) groups excluding carboxylic acids is 1. The molecule has 2 unspecified atom stereocenters. The number of nitrogens with zero attached hydrogens (tertiary/aromatic N) is 1. The van der Waals surface area contributed by atoms with Gasteiger partial charge in [-0.25, -0.2) is 4.98 Å². The van der Waals surface area contributed by atoms with Crippen molar-refractivity contribution in [2.45, 2.75) is 38.3 Å². The van der Waals surface area contributed by atoms with E-state index in [0.717, 1.165) is 23.5 Å². The number of carbonyl (C=O) groups is 1. The lowest BCUT2D eigenvalue weighted by atomic mass is 10.2. The van der Waals surface area contributed by atoms with Crippen LogP contribution in [0.2, 0.25) is 0 Å². The van der Waals surface area contributed by atoms with Crippen molar-refractivity contribution in [2.75, 3.05) is 13.1 Å². The fourth-order valence-corrected chi connectivity index (χ4v) is 2.76. The van der Waals surface area contributed by atoms with Gasteiger partial charge in [0.2, 0.25) is 5.91 Å². The molecule has 0 aliphatic carbocycles. The van der Waals surface area contributed by atoms with Gasteiger partial charge in [-0.2, -0.15) is 0 Å². The van der Waals surface area contributed by atoms with Gasteiger partial charge in [-0.3, -0.25) is 4.79 Å². The van der Waals surface area contributed by atoms with Crippen LogP contribution in [-0.4, -0.2) is 41.2 Å². The van der Waals surface area contributed by atoms with Crippen molar-refractivity contribution in [1.82, 2.24) is 15.6 Å². The SMILES string of the molecule is CCc1nc(CCNC(=O)C2CC(O)CN2)cs1.Cl.Cl. The summed E-state index contributed by atoms with van der Waals surface area (Å²) in [4.78, 5) is 16.2. The second-order valence-electron chi connectivity index (χ2n) is 4.48. The van der Waals surface area contributed by atoms with E-state index in [0.29, 0.717) is 19.5 Å². The predicted octanol–water partition coefficient (Wildman–Crippen LogP) is 0.931. The van der Waals surface area contributed by atoms with Crippen LogP contribution in [0.25, 0.3) is 0 Å². The molecule has 116 valence electrons. The molecule has 2 rings (SSSR count). The van der Waals surface area contributed by atoms with Crippen LogP contribution in [0.3, 0.4) is 0 Å². The first kappa shape index (κ1) is 19.6. The zero-order valence-corrected chi connectivity index (χ0v) is 13.7. The summed E-state index contributed by atoms with van der Waals surface area (Å²) >= 11 is 1.66. The number of halogens is 2. The molecule has 0 aromatic carbocycles. The van der Waals surface area contributed by atoms with Crippen LogP contribution >= 0.6 is 36.2 Å². The smallest absolute Gasteiger partial charge is 0.237 e. The minimum atomic E-state index is -0.397. The Labute approximate surface area is 135 Å². The first-order chi connectivity index (χ1) is 8.69. The molecular weight excluding hydrogens is 321 g/mol. The minimum Gasteiger partial charge on any atom is -0.392 e. The summed E-state index contributed by atoms with van der Waals surface area (Å²) in [5.41, 5.74) is 1.04. The van der Waals surface area contributed by atoms with Gasteiger partial charge in [0.1, 0.15) is 0 Å². The average Bonchev–Trinajstić information content (AvgIpc) is 2.98. The highest BCUT2D eigenvalue weighted by Gasteiger charge is 2.27. The molecule has 5 nitrogen and oxygen atoms in total. The van der Waals surface area contributed by atoms with Gasteiger partial charge in [0, 0.05) is 24.9 Å². The lowest BCUT2D eigenvalue weighted by molar-refractivity contribution is -0.122. The van der Waals surface area contributed by atoms with Gasteiger partial charge in [-0.1, -0.05) is 6.92 Å². The maximum absolute atomic E-state index is 11.7. The molecule has 3 N–H and O–H groups in total. The Balaban J connectivity index is 0.00000180. The highest BCUT2D eigenvalue weighted by atomic mass is 35.5. The molecule has 0 bridgehead atoms. The molecule has 1 aliphatic rings. The third-order valence-corrected chi connectivity index (χ3v) is 4.05. The Kier molecular flexibility index (Phi) is 9.33. The number of rotatable bonds is 5. The quantitative estimate of drug-likeness (QED) is 0.744. The van der Waals surface area contributed by atoms with Crippen LogP contribution in [0.1, 0.15) is 24.0 Å². The molecular formula is C12H21Cl2N3O2S. The predicted molar refractivity (Wildman–Crippen MR) is 85.1 cm³/mol. The molecule has 0 saturated carbocycles. The van der Waals surface area contributed by atoms with E-state index in [9.17, 15) is 9.90 Å². The van der Waals surface area contributed by atoms with Gasteiger partial charge in [-0.05, 0) is 12.8 Å². The molecule has 8 heteroatoms. The van der Waals surface area contributed by atoms with E-state index in [2.05, 4.69) is 22.5 Å². The zero-order valence-electron chi connectivity index (χ0n) is 11.3. The highest BCUT2D eigenvalue weighted by Crippen LogP contribution is 2.10. The summed E-state index contributed by atoms with van der Waals surface area (Å²) in [5.74, 6) is -0.0301. The van der Waals surface area contributed by atoms with Crippen LogP contribution in [0.5, 0.6) is 0 Å². The molecule has 20 heavy (non-hydrogen) atoms. The number of β-amino-alcohol motifs (C(OH)–C–C–N with tert-alkyl or cyclic N) is 1. The molecule has 1 aliphatic heterocycles. The van der Waals surface area contributed by atoms with E-state index in [4.69, 9.17) is 0 Å². The number of aliphatic hydroxyl groups is 1. The first-order valence-electron chi connectivity index (χ1n) is 6.31.